The Kier molecular flexibility index (Phi) is 2.80. The Hall–Kier alpha value is -1.65. The zero-order chi connectivity index (χ0) is 10.7. The summed E-state index contributed by atoms with van der Waals surface area (Å²) in [7, 11) is 0. The Morgan fingerprint density at radius 3 is 2.87 bits per heavy atom. The molecule has 0 spiro atoms. The minimum absolute atomic E-state index is 0.0635. The first kappa shape index (κ1) is 9.89. The van der Waals surface area contributed by atoms with Crippen LogP contribution in [0, 0.1) is 0 Å². The van der Waals surface area contributed by atoms with Gasteiger partial charge in [-0.05, 0) is 12.8 Å². The van der Waals surface area contributed by atoms with E-state index in [9.17, 15) is 9.59 Å². The summed E-state index contributed by atoms with van der Waals surface area (Å²) in [5.41, 5.74) is 0.447. The molecule has 0 aliphatic carbocycles. The van der Waals surface area contributed by atoms with Crippen molar-refractivity contribution < 1.29 is 9.59 Å². The summed E-state index contributed by atoms with van der Waals surface area (Å²) in [4.78, 5) is 28.0. The smallest absolute Gasteiger partial charge is 0.242 e. The molecule has 5 nitrogen and oxygen atoms in total. The number of aldehydes is 1. The SMILES string of the molecule is O=Cc1cncn1CC(=O)N1CCCC1. The zero-order valence-corrected chi connectivity index (χ0v) is 8.43. The van der Waals surface area contributed by atoms with Gasteiger partial charge in [0.1, 0.15) is 12.2 Å². The highest BCUT2D eigenvalue weighted by Gasteiger charge is 2.18. The molecule has 0 saturated carbocycles. The number of carbonyl (C=O) groups excluding carboxylic acids is 2. The quantitative estimate of drug-likeness (QED) is 0.671. The first-order valence-electron chi connectivity index (χ1n) is 5.04. The molecule has 0 N–H and O–H groups in total. The van der Waals surface area contributed by atoms with E-state index in [2.05, 4.69) is 4.98 Å². The number of carbonyl (C=O) groups is 2. The average molecular weight is 207 g/mol. The van der Waals surface area contributed by atoms with Crippen LogP contribution in [0.1, 0.15) is 23.3 Å². The Morgan fingerprint density at radius 1 is 1.47 bits per heavy atom. The van der Waals surface area contributed by atoms with Gasteiger partial charge < -0.3 is 9.47 Å². The number of nitrogens with zero attached hydrogens (tertiary/aromatic N) is 3. The van der Waals surface area contributed by atoms with Crippen molar-refractivity contribution >= 4 is 12.2 Å². The lowest BCUT2D eigenvalue weighted by molar-refractivity contribution is -0.130. The van der Waals surface area contributed by atoms with Gasteiger partial charge in [0, 0.05) is 13.1 Å². The van der Waals surface area contributed by atoms with Crippen molar-refractivity contribution in [2.45, 2.75) is 19.4 Å². The second-order valence-electron chi connectivity index (χ2n) is 3.65. The number of imidazole rings is 1. The second kappa shape index (κ2) is 4.25. The summed E-state index contributed by atoms with van der Waals surface area (Å²) >= 11 is 0. The van der Waals surface area contributed by atoms with Gasteiger partial charge in [0.05, 0.1) is 12.5 Å². The molecular formula is C10H13N3O2. The first-order chi connectivity index (χ1) is 7.31. The number of likely N-dealkylation sites (tertiary alicyclic amines) is 1. The Bertz CT molecular complexity index is 366. The van der Waals surface area contributed by atoms with Crippen LogP contribution < -0.4 is 0 Å². The summed E-state index contributed by atoms with van der Waals surface area (Å²) < 4.78 is 1.58. The van der Waals surface area contributed by atoms with Gasteiger partial charge >= 0.3 is 0 Å². The molecule has 0 unspecified atom stereocenters. The molecule has 5 heteroatoms. The van der Waals surface area contributed by atoms with Crippen LogP contribution in [-0.2, 0) is 11.3 Å². The van der Waals surface area contributed by atoms with Gasteiger partial charge in [0.15, 0.2) is 6.29 Å². The largest absolute Gasteiger partial charge is 0.341 e. The maximum Gasteiger partial charge on any atom is 0.242 e. The lowest BCUT2D eigenvalue weighted by Gasteiger charge is -2.15. The molecule has 0 bridgehead atoms. The minimum atomic E-state index is 0.0635. The van der Waals surface area contributed by atoms with Gasteiger partial charge in [-0.2, -0.15) is 0 Å². The van der Waals surface area contributed by atoms with Crippen molar-refractivity contribution in [2.75, 3.05) is 13.1 Å². The maximum absolute atomic E-state index is 11.7. The monoisotopic (exact) mass is 207 g/mol. The van der Waals surface area contributed by atoms with Crippen molar-refractivity contribution in [3.8, 4) is 0 Å². The molecule has 15 heavy (non-hydrogen) atoms. The highest BCUT2D eigenvalue weighted by Crippen LogP contribution is 2.08. The molecule has 2 rings (SSSR count). The van der Waals surface area contributed by atoms with Gasteiger partial charge in [-0.1, -0.05) is 0 Å². The predicted molar refractivity (Wildman–Crippen MR) is 53.4 cm³/mol. The van der Waals surface area contributed by atoms with Gasteiger partial charge in [0.25, 0.3) is 0 Å². The fourth-order valence-electron chi connectivity index (χ4n) is 1.77. The van der Waals surface area contributed by atoms with Crippen LogP contribution >= 0.6 is 0 Å². The fourth-order valence-corrected chi connectivity index (χ4v) is 1.77. The number of hydrogen-bond acceptors (Lipinski definition) is 3. The lowest BCUT2D eigenvalue weighted by Crippen LogP contribution is -2.31. The predicted octanol–water partition coefficient (Wildman–Crippen LogP) is 0.318. The first-order valence-corrected chi connectivity index (χ1v) is 5.04. The number of rotatable bonds is 3. The maximum atomic E-state index is 11.7. The molecule has 0 atom stereocenters. The van der Waals surface area contributed by atoms with E-state index in [-0.39, 0.29) is 12.5 Å². The van der Waals surface area contributed by atoms with E-state index in [0.29, 0.717) is 12.0 Å². The third-order valence-electron chi connectivity index (χ3n) is 2.63. The van der Waals surface area contributed by atoms with Crippen molar-refractivity contribution in [1.29, 1.82) is 0 Å². The van der Waals surface area contributed by atoms with E-state index < -0.39 is 0 Å². The summed E-state index contributed by atoms with van der Waals surface area (Å²) in [5, 5.41) is 0. The molecule has 80 valence electrons. The van der Waals surface area contributed by atoms with Crippen LogP contribution in [0.3, 0.4) is 0 Å². The second-order valence-corrected chi connectivity index (χ2v) is 3.65. The van der Waals surface area contributed by atoms with Crippen LogP contribution in [-0.4, -0.2) is 39.7 Å². The van der Waals surface area contributed by atoms with E-state index in [1.54, 1.807) is 4.57 Å². The summed E-state index contributed by atoms with van der Waals surface area (Å²) in [5.74, 6) is 0.0635. The molecular weight excluding hydrogens is 194 g/mol. The molecule has 2 heterocycles. The van der Waals surface area contributed by atoms with E-state index >= 15 is 0 Å². The summed E-state index contributed by atoms with van der Waals surface area (Å²) in [6, 6.07) is 0. The number of hydrogen-bond donors (Lipinski definition) is 0. The van der Waals surface area contributed by atoms with E-state index in [1.165, 1.54) is 12.5 Å². The molecule has 1 aliphatic heterocycles. The van der Waals surface area contributed by atoms with Crippen molar-refractivity contribution in [3.63, 3.8) is 0 Å². The van der Waals surface area contributed by atoms with Gasteiger partial charge in [-0.15, -0.1) is 0 Å². The Morgan fingerprint density at radius 2 is 2.20 bits per heavy atom. The van der Waals surface area contributed by atoms with E-state index in [4.69, 9.17) is 0 Å². The topological polar surface area (TPSA) is 55.2 Å². The van der Waals surface area contributed by atoms with Gasteiger partial charge in [-0.3, -0.25) is 9.59 Å². The normalized spacial score (nSPS) is 15.6. The zero-order valence-electron chi connectivity index (χ0n) is 8.43. The van der Waals surface area contributed by atoms with Crippen LogP contribution in [0.2, 0.25) is 0 Å². The molecule has 1 saturated heterocycles. The minimum Gasteiger partial charge on any atom is -0.341 e. The molecule has 0 radical (unpaired) electrons. The highest BCUT2D eigenvalue weighted by molar-refractivity contribution is 5.78. The fraction of sp³-hybridized carbons (Fsp3) is 0.500. The Labute approximate surface area is 87.7 Å². The molecule has 1 fully saturated rings. The average Bonchev–Trinajstić information content (AvgIpc) is 2.87. The third-order valence-corrected chi connectivity index (χ3v) is 2.63. The highest BCUT2D eigenvalue weighted by atomic mass is 16.2. The van der Waals surface area contributed by atoms with Crippen LogP contribution in [0.25, 0.3) is 0 Å². The van der Waals surface area contributed by atoms with Crippen molar-refractivity contribution in [3.05, 3.63) is 18.2 Å². The van der Waals surface area contributed by atoms with Gasteiger partial charge in [0.2, 0.25) is 5.91 Å². The van der Waals surface area contributed by atoms with Crippen LogP contribution in [0.5, 0.6) is 0 Å². The molecule has 1 aromatic heterocycles. The van der Waals surface area contributed by atoms with E-state index in [0.717, 1.165) is 25.9 Å². The summed E-state index contributed by atoms with van der Waals surface area (Å²) in [6.45, 7) is 1.89. The third kappa shape index (κ3) is 2.06. The summed E-state index contributed by atoms with van der Waals surface area (Å²) in [6.07, 6.45) is 5.85. The number of amides is 1. The van der Waals surface area contributed by atoms with Crippen molar-refractivity contribution in [1.82, 2.24) is 14.5 Å². The van der Waals surface area contributed by atoms with Gasteiger partial charge in [-0.25, -0.2) is 4.98 Å². The molecule has 1 aliphatic rings. The lowest BCUT2D eigenvalue weighted by atomic mass is 10.4. The number of aromatic nitrogens is 2. The Balaban J connectivity index is 2.01. The van der Waals surface area contributed by atoms with Crippen molar-refractivity contribution in [2.24, 2.45) is 0 Å². The molecule has 1 aromatic rings. The standard InChI is InChI=1S/C10H13N3O2/c14-7-9-5-11-8-13(9)6-10(15)12-3-1-2-4-12/h5,7-8H,1-4,6H2. The van der Waals surface area contributed by atoms with Crippen LogP contribution in [0.4, 0.5) is 0 Å². The van der Waals surface area contributed by atoms with E-state index in [1.807, 2.05) is 4.90 Å². The van der Waals surface area contributed by atoms with Crippen LogP contribution in [0.15, 0.2) is 12.5 Å². The molecule has 1 amide bonds. The molecule has 0 aromatic carbocycles.